The van der Waals surface area contributed by atoms with Gasteiger partial charge >= 0.3 is 5.97 Å². The second-order valence-corrected chi connectivity index (χ2v) is 2.77. The number of carboxylic acids is 1. The zero-order valence-corrected chi connectivity index (χ0v) is 6.58. The monoisotopic (exact) mass is 155 g/mol. The summed E-state index contributed by atoms with van der Waals surface area (Å²) in [6.45, 7) is 1.94. The van der Waals surface area contributed by atoms with E-state index < -0.39 is 5.97 Å². The Morgan fingerprint density at radius 3 is 2.82 bits per heavy atom. The van der Waals surface area contributed by atoms with Gasteiger partial charge in [0.1, 0.15) is 6.04 Å². The summed E-state index contributed by atoms with van der Waals surface area (Å²) in [6, 6.07) is -0.0719. The Morgan fingerprint density at radius 1 is 1.64 bits per heavy atom. The van der Waals surface area contributed by atoms with E-state index in [1.165, 1.54) is 0 Å². The lowest BCUT2D eigenvalue weighted by Crippen LogP contribution is -2.34. The third-order valence-corrected chi connectivity index (χ3v) is 1.90. The number of rotatable bonds is 2. The molecule has 1 aliphatic heterocycles. The highest BCUT2D eigenvalue weighted by molar-refractivity contribution is 5.73. The van der Waals surface area contributed by atoms with Crippen LogP contribution in [0.25, 0.3) is 0 Å². The molecule has 0 spiro atoms. The molecule has 0 aromatic carbocycles. The normalized spacial score (nSPS) is 31.4. The average molecular weight is 155 g/mol. The maximum atomic E-state index is 10.5. The van der Waals surface area contributed by atoms with Crippen LogP contribution in [0.15, 0.2) is 12.2 Å². The predicted molar refractivity (Wildman–Crippen MR) is 42.4 cm³/mol. The Balaban J connectivity index is 2.40. The van der Waals surface area contributed by atoms with E-state index in [1.807, 2.05) is 19.1 Å². The van der Waals surface area contributed by atoms with Gasteiger partial charge in [0.2, 0.25) is 0 Å². The van der Waals surface area contributed by atoms with Crippen LogP contribution in [0.3, 0.4) is 0 Å². The predicted octanol–water partition coefficient (Wildman–Crippen LogP) is 0.768. The molecule has 1 heterocycles. The lowest BCUT2D eigenvalue weighted by atomic mass is 10.2. The maximum absolute atomic E-state index is 10.5. The van der Waals surface area contributed by atoms with Gasteiger partial charge in [0.05, 0.1) is 0 Å². The van der Waals surface area contributed by atoms with Crippen LogP contribution < -0.4 is 5.32 Å². The van der Waals surface area contributed by atoms with Crippen molar-refractivity contribution in [2.75, 3.05) is 0 Å². The zero-order chi connectivity index (χ0) is 8.27. The van der Waals surface area contributed by atoms with E-state index in [0.717, 1.165) is 12.8 Å². The summed E-state index contributed by atoms with van der Waals surface area (Å²) in [5, 5.41) is 11.6. The number of aliphatic carboxylic acids is 1. The molecule has 1 fully saturated rings. The standard InChI is InChI=1S/C8H13NO2/c1-2-3-6-4-5-7(9-6)8(10)11/h2-3,6-7,9H,4-5H2,1H3,(H,10,11)/t6-,7+/m1/s1. The van der Waals surface area contributed by atoms with Gasteiger partial charge in [-0.1, -0.05) is 12.2 Å². The number of carboxylic acid groups (broad SMARTS) is 1. The Morgan fingerprint density at radius 2 is 2.36 bits per heavy atom. The average Bonchev–Trinajstić information content (AvgIpc) is 2.37. The van der Waals surface area contributed by atoms with E-state index in [9.17, 15) is 4.79 Å². The minimum absolute atomic E-state index is 0.265. The minimum atomic E-state index is -0.739. The highest BCUT2D eigenvalue weighted by Crippen LogP contribution is 2.12. The van der Waals surface area contributed by atoms with Crippen molar-refractivity contribution in [1.29, 1.82) is 0 Å². The molecule has 0 aromatic heterocycles. The Labute approximate surface area is 66.1 Å². The summed E-state index contributed by atoms with van der Waals surface area (Å²) < 4.78 is 0. The molecule has 1 saturated heterocycles. The second-order valence-electron chi connectivity index (χ2n) is 2.77. The van der Waals surface area contributed by atoms with Gasteiger partial charge in [0, 0.05) is 6.04 Å². The fraction of sp³-hybridized carbons (Fsp3) is 0.625. The van der Waals surface area contributed by atoms with Crippen molar-refractivity contribution in [3.63, 3.8) is 0 Å². The molecular formula is C8H13NO2. The van der Waals surface area contributed by atoms with Crippen molar-refractivity contribution in [1.82, 2.24) is 5.32 Å². The molecule has 0 bridgehead atoms. The minimum Gasteiger partial charge on any atom is -0.480 e. The van der Waals surface area contributed by atoms with Crippen molar-refractivity contribution in [2.24, 2.45) is 0 Å². The third-order valence-electron chi connectivity index (χ3n) is 1.90. The quantitative estimate of drug-likeness (QED) is 0.579. The molecule has 0 radical (unpaired) electrons. The molecule has 0 aromatic rings. The fourth-order valence-corrected chi connectivity index (χ4v) is 1.35. The smallest absolute Gasteiger partial charge is 0.320 e. The molecule has 62 valence electrons. The zero-order valence-electron chi connectivity index (χ0n) is 6.58. The van der Waals surface area contributed by atoms with Crippen LogP contribution in [0, 0.1) is 0 Å². The molecule has 0 amide bonds. The molecule has 3 nitrogen and oxygen atoms in total. The van der Waals surface area contributed by atoms with Crippen LogP contribution in [-0.2, 0) is 4.79 Å². The summed E-state index contributed by atoms with van der Waals surface area (Å²) in [5.74, 6) is -0.739. The van der Waals surface area contributed by atoms with Gasteiger partial charge in [-0.25, -0.2) is 0 Å². The Hall–Kier alpha value is -0.830. The number of hydrogen-bond acceptors (Lipinski definition) is 2. The third kappa shape index (κ3) is 2.05. The van der Waals surface area contributed by atoms with Crippen molar-refractivity contribution < 1.29 is 9.90 Å². The van der Waals surface area contributed by atoms with E-state index in [0.29, 0.717) is 0 Å². The molecule has 2 atom stereocenters. The number of allylic oxidation sites excluding steroid dienone is 1. The van der Waals surface area contributed by atoms with Crippen molar-refractivity contribution in [2.45, 2.75) is 31.8 Å². The summed E-state index contributed by atoms with van der Waals surface area (Å²) in [5.41, 5.74) is 0. The van der Waals surface area contributed by atoms with E-state index in [1.54, 1.807) is 0 Å². The summed E-state index contributed by atoms with van der Waals surface area (Å²) in [7, 11) is 0. The first-order chi connectivity index (χ1) is 5.24. The summed E-state index contributed by atoms with van der Waals surface area (Å²) in [6.07, 6.45) is 5.62. The van der Waals surface area contributed by atoms with Crippen molar-refractivity contribution in [3.8, 4) is 0 Å². The van der Waals surface area contributed by atoms with Gasteiger partial charge in [0.15, 0.2) is 0 Å². The maximum Gasteiger partial charge on any atom is 0.320 e. The molecule has 0 aliphatic carbocycles. The molecule has 11 heavy (non-hydrogen) atoms. The van der Waals surface area contributed by atoms with Crippen molar-refractivity contribution in [3.05, 3.63) is 12.2 Å². The Kier molecular flexibility index (Phi) is 2.65. The second kappa shape index (κ2) is 3.53. The molecule has 0 unspecified atom stereocenters. The van der Waals surface area contributed by atoms with Crippen LogP contribution in [0.4, 0.5) is 0 Å². The first-order valence-corrected chi connectivity index (χ1v) is 3.85. The lowest BCUT2D eigenvalue weighted by Gasteiger charge is -2.05. The van der Waals surface area contributed by atoms with Crippen LogP contribution in [0.1, 0.15) is 19.8 Å². The topological polar surface area (TPSA) is 49.3 Å². The van der Waals surface area contributed by atoms with Crippen LogP contribution in [0.2, 0.25) is 0 Å². The van der Waals surface area contributed by atoms with Crippen LogP contribution >= 0.6 is 0 Å². The number of nitrogens with one attached hydrogen (secondary N) is 1. The first kappa shape index (κ1) is 8.27. The number of hydrogen-bond donors (Lipinski definition) is 2. The number of carbonyl (C=O) groups is 1. The van der Waals surface area contributed by atoms with Gasteiger partial charge in [-0.05, 0) is 19.8 Å². The van der Waals surface area contributed by atoms with Crippen LogP contribution in [-0.4, -0.2) is 23.2 Å². The summed E-state index contributed by atoms with van der Waals surface area (Å²) >= 11 is 0. The van der Waals surface area contributed by atoms with Crippen molar-refractivity contribution >= 4 is 5.97 Å². The van der Waals surface area contributed by atoms with Gasteiger partial charge < -0.3 is 5.11 Å². The van der Waals surface area contributed by atoms with E-state index in [4.69, 9.17) is 5.11 Å². The van der Waals surface area contributed by atoms with E-state index in [2.05, 4.69) is 5.32 Å². The summed E-state index contributed by atoms with van der Waals surface area (Å²) in [4.78, 5) is 10.5. The Bertz CT molecular complexity index is 177. The lowest BCUT2D eigenvalue weighted by molar-refractivity contribution is -0.139. The van der Waals surface area contributed by atoms with Gasteiger partial charge in [-0.2, -0.15) is 0 Å². The van der Waals surface area contributed by atoms with Gasteiger partial charge in [0.25, 0.3) is 0 Å². The van der Waals surface area contributed by atoms with Crippen LogP contribution in [0.5, 0.6) is 0 Å². The van der Waals surface area contributed by atoms with Gasteiger partial charge in [-0.15, -0.1) is 0 Å². The fourth-order valence-electron chi connectivity index (χ4n) is 1.35. The first-order valence-electron chi connectivity index (χ1n) is 3.85. The molecule has 1 rings (SSSR count). The van der Waals surface area contributed by atoms with Gasteiger partial charge in [-0.3, -0.25) is 10.1 Å². The molecule has 1 aliphatic rings. The molecule has 3 heteroatoms. The highest BCUT2D eigenvalue weighted by Gasteiger charge is 2.26. The molecular weight excluding hydrogens is 142 g/mol. The molecule has 0 saturated carbocycles. The van der Waals surface area contributed by atoms with E-state index in [-0.39, 0.29) is 12.1 Å². The van der Waals surface area contributed by atoms with E-state index >= 15 is 0 Å². The molecule has 2 N–H and O–H groups in total. The highest BCUT2D eigenvalue weighted by atomic mass is 16.4. The SMILES string of the molecule is CC=C[C@@H]1CC[C@@H](C(=O)O)N1. The largest absolute Gasteiger partial charge is 0.480 e.